The van der Waals surface area contributed by atoms with Crippen molar-refractivity contribution in [3.63, 3.8) is 0 Å². The Morgan fingerprint density at radius 1 is 0.957 bits per heavy atom. The van der Waals surface area contributed by atoms with E-state index >= 15 is 0 Å². The maximum Gasteiger partial charge on any atom is 0.316 e. The standard InChI is InChI=1S/C32H34O14/c1-6-32(41)11-18(46-19-10-17(44-13(3)33)30(12(2)43-19)45-14(4)34)21-22(25(32)31(40)42-5)29(39)23-24(28(21)38)27(37)20-15(26(23)36)8-7-9-16(20)35/h7-9,12,17-19,25,30,35,38-39,41H,6,10-11H2,1-5H3/t12-,17-,18-,19-,25-,30+,32+/m0/s1. The Morgan fingerprint density at radius 3 is 2.20 bits per heavy atom. The van der Waals surface area contributed by atoms with Gasteiger partial charge >= 0.3 is 17.9 Å². The molecule has 0 aromatic heterocycles. The molecule has 1 fully saturated rings. The van der Waals surface area contributed by atoms with Crippen molar-refractivity contribution in [2.24, 2.45) is 0 Å². The van der Waals surface area contributed by atoms with Gasteiger partial charge in [0.15, 0.2) is 18.2 Å². The Morgan fingerprint density at radius 2 is 1.59 bits per heavy atom. The van der Waals surface area contributed by atoms with Crippen LogP contribution in [0.3, 0.4) is 0 Å². The van der Waals surface area contributed by atoms with Crippen molar-refractivity contribution in [3.8, 4) is 17.2 Å². The zero-order valence-corrected chi connectivity index (χ0v) is 25.7. The lowest BCUT2D eigenvalue weighted by atomic mass is 9.66. The number of carbonyl (C=O) groups is 5. The molecule has 1 heterocycles. The van der Waals surface area contributed by atoms with Crippen LogP contribution >= 0.6 is 0 Å². The van der Waals surface area contributed by atoms with Crippen LogP contribution in [0.2, 0.25) is 0 Å². The van der Waals surface area contributed by atoms with Crippen LogP contribution in [0.25, 0.3) is 0 Å². The molecule has 0 bridgehead atoms. The number of fused-ring (bicyclic) bond motifs is 3. The van der Waals surface area contributed by atoms with Gasteiger partial charge in [-0.1, -0.05) is 19.1 Å². The number of carbonyl (C=O) groups excluding carboxylic acids is 5. The van der Waals surface area contributed by atoms with Crippen molar-refractivity contribution in [1.29, 1.82) is 0 Å². The highest BCUT2D eigenvalue weighted by atomic mass is 16.7. The van der Waals surface area contributed by atoms with Gasteiger partial charge in [-0.15, -0.1) is 0 Å². The summed E-state index contributed by atoms with van der Waals surface area (Å²) >= 11 is 0. The van der Waals surface area contributed by atoms with E-state index in [2.05, 4.69) is 0 Å². The number of phenolic OH excluding ortho intramolecular Hbond substituents is 3. The van der Waals surface area contributed by atoms with E-state index in [1.165, 1.54) is 32.0 Å². The van der Waals surface area contributed by atoms with Gasteiger partial charge in [0.25, 0.3) is 0 Å². The first-order valence-corrected chi connectivity index (χ1v) is 14.6. The van der Waals surface area contributed by atoms with Crippen molar-refractivity contribution in [3.05, 3.63) is 51.6 Å². The molecule has 5 rings (SSSR count). The van der Waals surface area contributed by atoms with E-state index < -0.39 is 100 Å². The lowest BCUT2D eigenvalue weighted by Crippen LogP contribution is -2.52. The fourth-order valence-electron chi connectivity index (χ4n) is 6.74. The monoisotopic (exact) mass is 642 g/mol. The van der Waals surface area contributed by atoms with Crippen molar-refractivity contribution < 1.29 is 68.1 Å². The van der Waals surface area contributed by atoms with Crippen LogP contribution in [0.15, 0.2) is 18.2 Å². The van der Waals surface area contributed by atoms with Gasteiger partial charge in [-0.3, -0.25) is 24.0 Å². The molecule has 0 spiro atoms. The van der Waals surface area contributed by atoms with Gasteiger partial charge in [-0.05, 0) is 19.4 Å². The summed E-state index contributed by atoms with van der Waals surface area (Å²) in [6.07, 6.45) is -6.12. The van der Waals surface area contributed by atoms with Gasteiger partial charge in [-0.2, -0.15) is 0 Å². The van der Waals surface area contributed by atoms with Crippen molar-refractivity contribution in [2.45, 2.75) is 89.2 Å². The summed E-state index contributed by atoms with van der Waals surface area (Å²) in [6.45, 7) is 5.48. The molecule has 14 nitrogen and oxygen atoms in total. The molecule has 46 heavy (non-hydrogen) atoms. The minimum absolute atomic E-state index is 0.0839. The zero-order chi connectivity index (χ0) is 33.8. The molecule has 0 saturated carbocycles. The van der Waals surface area contributed by atoms with Crippen LogP contribution in [0.1, 0.15) is 102 Å². The lowest BCUT2D eigenvalue weighted by Gasteiger charge is -2.45. The Balaban J connectivity index is 1.68. The highest BCUT2D eigenvalue weighted by Crippen LogP contribution is 2.57. The second kappa shape index (κ2) is 12.0. The highest BCUT2D eigenvalue weighted by molar-refractivity contribution is 6.31. The maximum absolute atomic E-state index is 13.7. The van der Waals surface area contributed by atoms with Crippen molar-refractivity contribution in [2.75, 3.05) is 7.11 Å². The molecule has 0 radical (unpaired) electrons. The maximum atomic E-state index is 13.7. The van der Waals surface area contributed by atoms with E-state index in [0.717, 1.165) is 7.11 Å². The number of methoxy groups -OCH3 is 1. The minimum atomic E-state index is -1.96. The number of hydrogen-bond acceptors (Lipinski definition) is 14. The summed E-state index contributed by atoms with van der Waals surface area (Å²) in [5.74, 6) is -8.00. The van der Waals surface area contributed by atoms with Crippen molar-refractivity contribution in [1.82, 2.24) is 0 Å². The van der Waals surface area contributed by atoms with E-state index in [1.54, 1.807) is 13.8 Å². The first kappa shape index (κ1) is 32.9. The number of phenols is 3. The molecule has 2 aromatic carbocycles. The van der Waals surface area contributed by atoms with Gasteiger partial charge in [0.2, 0.25) is 5.78 Å². The van der Waals surface area contributed by atoms with Gasteiger partial charge in [-0.25, -0.2) is 0 Å². The SMILES string of the molecule is CC[C@@]1(O)C[C@H](O[C@H]2C[C@H](OC(C)=O)[C@H](OC(C)=O)[C@H](C)O2)c2c(O)c3c(c(O)c2[C@H]1C(=O)OC)C(=O)c1cccc(O)c1C3=O. The summed E-state index contributed by atoms with van der Waals surface area (Å²) in [5.41, 5.74) is -4.49. The molecule has 2 aromatic rings. The average molecular weight is 643 g/mol. The molecular weight excluding hydrogens is 608 g/mol. The highest BCUT2D eigenvalue weighted by Gasteiger charge is 2.55. The number of benzene rings is 2. The van der Waals surface area contributed by atoms with E-state index in [-0.39, 0.29) is 41.5 Å². The smallest absolute Gasteiger partial charge is 0.316 e. The Kier molecular flexibility index (Phi) is 8.57. The number of ketones is 2. The summed E-state index contributed by atoms with van der Waals surface area (Å²) in [5, 5.41) is 45.7. The Bertz CT molecular complexity index is 1650. The molecule has 4 N–H and O–H groups in total. The average Bonchev–Trinajstić information content (AvgIpc) is 2.98. The number of hydrogen-bond donors (Lipinski definition) is 4. The number of ether oxygens (including phenoxy) is 5. The van der Waals surface area contributed by atoms with Gasteiger partial charge < -0.3 is 44.1 Å². The largest absolute Gasteiger partial charge is 0.507 e. The lowest BCUT2D eigenvalue weighted by molar-refractivity contribution is -0.273. The molecule has 1 aliphatic heterocycles. The molecule has 7 atom stereocenters. The number of rotatable bonds is 6. The molecule has 3 aliphatic rings. The zero-order valence-electron chi connectivity index (χ0n) is 25.7. The summed E-state index contributed by atoms with van der Waals surface area (Å²) in [7, 11) is 1.07. The fourth-order valence-corrected chi connectivity index (χ4v) is 6.74. The van der Waals surface area contributed by atoms with Crippen LogP contribution < -0.4 is 0 Å². The number of esters is 3. The van der Waals surface area contributed by atoms with E-state index in [0.29, 0.717) is 0 Å². The third-order valence-electron chi connectivity index (χ3n) is 8.78. The van der Waals surface area contributed by atoms with E-state index in [1.807, 2.05) is 0 Å². The summed E-state index contributed by atoms with van der Waals surface area (Å²) in [4.78, 5) is 64.2. The number of aromatic hydroxyl groups is 3. The second-order valence-electron chi connectivity index (χ2n) is 11.6. The molecule has 0 unspecified atom stereocenters. The number of aliphatic hydroxyl groups is 1. The predicted octanol–water partition coefficient (Wildman–Crippen LogP) is 2.44. The van der Waals surface area contributed by atoms with Crippen LogP contribution in [0.5, 0.6) is 17.2 Å². The molecule has 0 amide bonds. The topological polar surface area (TPSA) is 212 Å². The fraction of sp³-hybridized carbons (Fsp3) is 0.469. The van der Waals surface area contributed by atoms with Crippen LogP contribution in [0, 0.1) is 0 Å². The van der Waals surface area contributed by atoms with Crippen molar-refractivity contribution >= 4 is 29.5 Å². The predicted molar refractivity (Wildman–Crippen MR) is 153 cm³/mol. The quantitative estimate of drug-likeness (QED) is 0.173. The van der Waals surface area contributed by atoms with Gasteiger partial charge in [0, 0.05) is 43.4 Å². The normalized spacial score (nSPS) is 28.4. The van der Waals surface area contributed by atoms with E-state index in [4.69, 9.17) is 23.7 Å². The molecular formula is C32H34O14. The second-order valence-corrected chi connectivity index (χ2v) is 11.6. The van der Waals surface area contributed by atoms with Gasteiger partial charge in [0.1, 0.15) is 29.3 Å². The Labute approximate surface area is 262 Å². The van der Waals surface area contributed by atoms with Crippen LogP contribution in [0.4, 0.5) is 0 Å². The third-order valence-corrected chi connectivity index (χ3v) is 8.78. The van der Waals surface area contributed by atoms with Gasteiger partial charge in [0.05, 0.1) is 41.6 Å². The molecule has 2 aliphatic carbocycles. The third kappa shape index (κ3) is 5.25. The Hall–Kier alpha value is -4.53. The summed E-state index contributed by atoms with van der Waals surface area (Å²) < 4.78 is 27.9. The molecule has 1 saturated heterocycles. The van der Waals surface area contributed by atoms with E-state index in [9.17, 15) is 44.4 Å². The first-order chi connectivity index (χ1) is 21.6. The summed E-state index contributed by atoms with van der Waals surface area (Å²) in [6, 6.07) is 3.79. The van der Waals surface area contributed by atoms with Crippen LogP contribution in [-0.2, 0) is 38.1 Å². The van der Waals surface area contributed by atoms with Crippen LogP contribution in [-0.4, -0.2) is 87.2 Å². The molecule has 14 heteroatoms. The minimum Gasteiger partial charge on any atom is -0.507 e. The first-order valence-electron chi connectivity index (χ1n) is 14.6. The molecule has 246 valence electrons.